The van der Waals surface area contributed by atoms with Crippen molar-refractivity contribution in [3.05, 3.63) is 12.7 Å². The van der Waals surface area contributed by atoms with E-state index in [1.165, 1.54) is 0 Å². The van der Waals surface area contributed by atoms with Gasteiger partial charge in [-0.2, -0.15) is 4.99 Å². The lowest BCUT2D eigenvalue weighted by molar-refractivity contribution is 0.0311. The molecule has 5 heteroatoms. The van der Waals surface area contributed by atoms with Crippen LogP contribution in [0.5, 0.6) is 0 Å². The van der Waals surface area contributed by atoms with Crippen molar-refractivity contribution in [1.82, 2.24) is 4.90 Å². The Hall–Kier alpha value is -1.36. The van der Waals surface area contributed by atoms with Crippen molar-refractivity contribution < 1.29 is 9.53 Å². The Morgan fingerprint density at radius 1 is 1.60 bits per heavy atom. The van der Waals surface area contributed by atoms with Crippen LogP contribution in [0.2, 0.25) is 0 Å². The van der Waals surface area contributed by atoms with Gasteiger partial charge in [0.2, 0.25) is 0 Å². The van der Waals surface area contributed by atoms with E-state index in [0.29, 0.717) is 25.6 Å². The van der Waals surface area contributed by atoms with Crippen LogP contribution in [-0.4, -0.2) is 42.1 Å². The standard InChI is InChI=1S/C10H15N3O2/c1-2-5-13-9(14)12-8(11)10(13)3-6-15-7-4-10/h2H,1,3-7H2,(H2,11,12,14). The number of amides is 2. The van der Waals surface area contributed by atoms with Crippen LogP contribution in [0.4, 0.5) is 4.79 Å². The minimum atomic E-state index is -0.413. The first-order chi connectivity index (χ1) is 7.20. The Kier molecular flexibility index (Phi) is 2.48. The molecule has 2 aliphatic rings. The first-order valence-electron chi connectivity index (χ1n) is 5.05. The molecule has 1 saturated heterocycles. The number of nitrogens with two attached hydrogens (primary N) is 1. The summed E-state index contributed by atoms with van der Waals surface area (Å²) in [4.78, 5) is 17.2. The highest BCUT2D eigenvalue weighted by molar-refractivity contribution is 6.05. The predicted molar refractivity (Wildman–Crippen MR) is 56.7 cm³/mol. The van der Waals surface area contributed by atoms with E-state index in [1.54, 1.807) is 11.0 Å². The summed E-state index contributed by atoms with van der Waals surface area (Å²) >= 11 is 0. The predicted octanol–water partition coefficient (Wildman–Crippen LogP) is 0.514. The highest BCUT2D eigenvalue weighted by Gasteiger charge is 2.48. The van der Waals surface area contributed by atoms with Crippen molar-refractivity contribution in [2.24, 2.45) is 10.7 Å². The van der Waals surface area contributed by atoms with Crippen LogP contribution >= 0.6 is 0 Å². The van der Waals surface area contributed by atoms with Crippen molar-refractivity contribution >= 4 is 11.9 Å². The van der Waals surface area contributed by atoms with Gasteiger partial charge < -0.3 is 15.4 Å². The molecule has 2 aliphatic heterocycles. The maximum absolute atomic E-state index is 11.6. The molecule has 1 fully saturated rings. The molecule has 2 heterocycles. The Morgan fingerprint density at radius 3 is 2.87 bits per heavy atom. The molecule has 5 nitrogen and oxygen atoms in total. The summed E-state index contributed by atoms with van der Waals surface area (Å²) < 4.78 is 5.29. The first kappa shape index (κ1) is 10.2. The zero-order valence-corrected chi connectivity index (χ0v) is 8.61. The lowest BCUT2D eigenvalue weighted by atomic mass is 9.88. The highest BCUT2D eigenvalue weighted by Crippen LogP contribution is 2.32. The summed E-state index contributed by atoms with van der Waals surface area (Å²) in [6.45, 7) is 5.38. The van der Waals surface area contributed by atoms with Crippen LogP contribution in [0, 0.1) is 0 Å². The van der Waals surface area contributed by atoms with Gasteiger partial charge in [0.15, 0.2) is 0 Å². The fourth-order valence-corrected chi connectivity index (χ4v) is 2.21. The molecule has 0 aliphatic carbocycles. The fourth-order valence-electron chi connectivity index (χ4n) is 2.21. The summed E-state index contributed by atoms with van der Waals surface area (Å²) in [6.07, 6.45) is 3.15. The minimum Gasteiger partial charge on any atom is -0.385 e. The number of amidine groups is 1. The molecule has 0 aromatic carbocycles. The van der Waals surface area contributed by atoms with E-state index in [4.69, 9.17) is 10.5 Å². The van der Waals surface area contributed by atoms with Crippen LogP contribution < -0.4 is 5.73 Å². The van der Waals surface area contributed by atoms with Gasteiger partial charge in [0.25, 0.3) is 0 Å². The zero-order chi connectivity index (χ0) is 10.9. The van der Waals surface area contributed by atoms with Crippen LogP contribution in [0.25, 0.3) is 0 Å². The summed E-state index contributed by atoms with van der Waals surface area (Å²) in [5, 5.41) is 0. The lowest BCUT2D eigenvalue weighted by Gasteiger charge is -2.40. The molecule has 0 bridgehead atoms. The summed E-state index contributed by atoms with van der Waals surface area (Å²) in [7, 11) is 0. The van der Waals surface area contributed by atoms with Gasteiger partial charge in [0.05, 0.1) is 0 Å². The van der Waals surface area contributed by atoms with Gasteiger partial charge >= 0.3 is 6.03 Å². The number of ether oxygens (including phenoxy) is 1. The van der Waals surface area contributed by atoms with E-state index < -0.39 is 5.54 Å². The van der Waals surface area contributed by atoms with E-state index in [2.05, 4.69) is 11.6 Å². The summed E-state index contributed by atoms with van der Waals surface area (Å²) in [5.41, 5.74) is 5.44. The molecule has 0 aromatic rings. The zero-order valence-electron chi connectivity index (χ0n) is 8.61. The molecule has 2 amide bonds. The van der Waals surface area contributed by atoms with Crippen LogP contribution in [0.15, 0.2) is 17.6 Å². The number of carbonyl (C=O) groups is 1. The van der Waals surface area contributed by atoms with Gasteiger partial charge in [-0.15, -0.1) is 6.58 Å². The topological polar surface area (TPSA) is 67.9 Å². The number of carbonyl (C=O) groups excluding carboxylic acids is 1. The van der Waals surface area contributed by atoms with Crippen molar-refractivity contribution in [3.8, 4) is 0 Å². The number of hydrogen-bond donors (Lipinski definition) is 1. The van der Waals surface area contributed by atoms with E-state index >= 15 is 0 Å². The minimum absolute atomic E-state index is 0.255. The first-order valence-corrected chi connectivity index (χ1v) is 5.05. The highest BCUT2D eigenvalue weighted by atomic mass is 16.5. The van der Waals surface area contributed by atoms with Crippen molar-refractivity contribution in [1.29, 1.82) is 0 Å². The van der Waals surface area contributed by atoms with Crippen LogP contribution in [-0.2, 0) is 4.74 Å². The van der Waals surface area contributed by atoms with E-state index in [9.17, 15) is 4.79 Å². The third-order valence-electron chi connectivity index (χ3n) is 3.07. The number of hydrogen-bond acceptors (Lipinski definition) is 3. The molecular formula is C10H15N3O2. The van der Waals surface area contributed by atoms with E-state index in [0.717, 1.165) is 12.8 Å². The molecule has 0 atom stereocenters. The second kappa shape index (κ2) is 3.66. The maximum atomic E-state index is 11.6. The summed E-state index contributed by atoms with van der Waals surface area (Å²) in [5.74, 6) is 0.428. The largest absolute Gasteiger partial charge is 0.385 e. The smallest absolute Gasteiger partial charge is 0.346 e. The third-order valence-corrected chi connectivity index (χ3v) is 3.07. The number of aliphatic imine (C=N–C) groups is 1. The van der Waals surface area contributed by atoms with Gasteiger partial charge in [0, 0.05) is 32.6 Å². The van der Waals surface area contributed by atoms with Gasteiger partial charge in [0.1, 0.15) is 11.4 Å². The molecule has 0 radical (unpaired) electrons. The second-order valence-electron chi connectivity index (χ2n) is 3.82. The van der Waals surface area contributed by atoms with Crippen molar-refractivity contribution in [2.75, 3.05) is 19.8 Å². The SMILES string of the molecule is C=CCN1C(=O)N=C(N)C12CCOCC2. The molecule has 82 valence electrons. The summed E-state index contributed by atoms with van der Waals surface area (Å²) in [6, 6.07) is -0.255. The molecule has 2 rings (SSSR count). The molecule has 0 saturated carbocycles. The second-order valence-corrected chi connectivity index (χ2v) is 3.82. The van der Waals surface area contributed by atoms with Crippen molar-refractivity contribution in [3.63, 3.8) is 0 Å². The molecule has 2 N–H and O–H groups in total. The van der Waals surface area contributed by atoms with Gasteiger partial charge in [-0.05, 0) is 0 Å². The van der Waals surface area contributed by atoms with Crippen molar-refractivity contribution in [2.45, 2.75) is 18.4 Å². The number of urea groups is 1. The molecule has 0 aromatic heterocycles. The quantitative estimate of drug-likeness (QED) is 0.674. The fraction of sp³-hybridized carbons (Fsp3) is 0.600. The molecule has 15 heavy (non-hydrogen) atoms. The lowest BCUT2D eigenvalue weighted by Crippen LogP contribution is -2.57. The normalized spacial score (nSPS) is 24.4. The Balaban J connectivity index is 2.29. The van der Waals surface area contributed by atoms with E-state index in [-0.39, 0.29) is 6.03 Å². The van der Waals surface area contributed by atoms with Gasteiger partial charge in [-0.3, -0.25) is 0 Å². The molecule has 0 unspecified atom stereocenters. The maximum Gasteiger partial charge on any atom is 0.346 e. The average molecular weight is 209 g/mol. The number of nitrogens with zero attached hydrogens (tertiary/aromatic N) is 2. The van der Waals surface area contributed by atoms with E-state index in [1.807, 2.05) is 0 Å². The number of rotatable bonds is 2. The van der Waals surface area contributed by atoms with Gasteiger partial charge in [-0.25, -0.2) is 4.79 Å². The van der Waals surface area contributed by atoms with Crippen LogP contribution in [0.3, 0.4) is 0 Å². The Bertz CT molecular complexity index is 319. The third kappa shape index (κ3) is 1.43. The monoisotopic (exact) mass is 209 g/mol. The van der Waals surface area contributed by atoms with Gasteiger partial charge in [-0.1, -0.05) is 6.08 Å². The molecular weight excluding hydrogens is 194 g/mol. The Labute approximate surface area is 88.6 Å². The average Bonchev–Trinajstić information content (AvgIpc) is 2.45. The molecule has 1 spiro atoms. The Morgan fingerprint density at radius 2 is 2.27 bits per heavy atom. The van der Waals surface area contributed by atoms with Crippen LogP contribution in [0.1, 0.15) is 12.8 Å².